The van der Waals surface area contributed by atoms with Crippen LogP contribution in [0.2, 0.25) is 0 Å². The van der Waals surface area contributed by atoms with Crippen LogP contribution in [0.5, 0.6) is 0 Å². The molecule has 0 heterocycles. The van der Waals surface area contributed by atoms with E-state index < -0.39 is 0 Å². The molecule has 1 amide bonds. The maximum Gasteiger partial charge on any atom is 0.233 e. The Bertz CT molecular complexity index is 118. The Kier molecular flexibility index (Phi) is 7.99. The van der Waals surface area contributed by atoms with Crippen LogP contribution in [-0.2, 0) is 4.79 Å². The smallest absolute Gasteiger partial charge is 0.233 e. The van der Waals surface area contributed by atoms with E-state index in [9.17, 15) is 4.79 Å². The molecular formula is C7H18N4O. The normalized spacial score (nSPS) is 9.83. The topological polar surface area (TPSA) is 79.2 Å². The SMILES string of the molecule is CNC(=O)CNCCNCCN. The summed E-state index contributed by atoms with van der Waals surface area (Å²) in [6, 6.07) is 0. The molecule has 0 saturated heterocycles. The van der Waals surface area contributed by atoms with E-state index in [0.717, 1.165) is 19.6 Å². The largest absolute Gasteiger partial charge is 0.358 e. The number of carbonyl (C=O) groups excluding carboxylic acids is 1. The molecule has 0 aliphatic rings. The zero-order valence-electron chi connectivity index (χ0n) is 7.52. The van der Waals surface area contributed by atoms with Crippen molar-refractivity contribution in [2.75, 3.05) is 39.8 Å². The third kappa shape index (κ3) is 7.46. The molecule has 0 radical (unpaired) electrons. The number of hydrogen-bond acceptors (Lipinski definition) is 4. The van der Waals surface area contributed by atoms with Crippen LogP contribution >= 0.6 is 0 Å². The lowest BCUT2D eigenvalue weighted by atomic mass is 10.5. The highest BCUT2D eigenvalue weighted by Crippen LogP contribution is 1.61. The summed E-state index contributed by atoms with van der Waals surface area (Å²) in [6.07, 6.45) is 0. The van der Waals surface area contributed by atoms with Gasteiger partial charge in [-0.1, -0.05) is 0 Å². The number of rotatable bonds is 7. The maximum atomic E-state index is 10.7. The molecular weight excluding hydrogens is 156 g/mol. The van der Waals surface area contributed by atoms with Gasteiger partial charge in [-0.25, -0.2) is 0 Å². The molecule has 0 fully saturated rings. The van der Waals surface area contributed by atoms with Crippen molar-refractivity contribution in [1.82, 2.24) is 16.0 Å². The van der Waals surface area contributed by atoms with Gasteiger partial charge in [0.05, 0.1) is 6.54 Å². The van der Waals surface area contributed by atoms with Gasteiger partial charge in [0, 0.05) is 33.2 Å². The third-order valence-electron chi connectivity index (χ3n) is 1.36. The highest BCUT2D eigenvalue weighted by atomic mass is 16.1. The number of hydrogen-bond donors (Lipinski definition) is 4. The molecule has 0 aliphatic carbocycles. The number of amides is 1. The van der Waals surface area contributed by atoms with Crippen molar-refractivity contribution in [3.63, 3.8) is 0 Å². The van der Waals surface area contributed by atoms with Gasteiger partial charge in [0.1, 0.15) is 0 Å². The van der Waals surface area contributed by atoms with Crippen molar-refractivity contribution in [3.05, 3.63) is 0 Å². The van der Waals surface area contributed by atoms with Crippen molar-refractivity contribution >= 4 is 5.91 Å². The fraction of sp³-hybridized carbons (Fsp3) is 0.857. The second-order valence-electron chi connectivity index (χ2n) is 2.39. The molecule has 0 aromatic carbocycles. The molecule has 5 nitrogen and oxygen atoms in total. The van der Waals surface area contributed by atoms with Crippen LogP contribution in [0.4, 0.5) is 0 Å². The molecule has 5 heteroatoms. The van der Waals surface area contributed by atoms with Crippen LogP contribution in [0, 0.1) is 0 Å². The Balaban J connectivity index is 2.95. The maximum absolute atomic E-state index is 10.7. The molecule has 0 bridgehead atoms. The monoisotopic (exact) mass is 174 g/mol. The van der Waals surface area contributed by atoms with Crippen molar-refractivity contribution < 1.29 is 4.79 Å². The van der Waals surface area contributed by atoms with E-state index in [1.807, 2.05) is 0 Å². The first-order chi connectivity index (χ1) is 5.81. The van der Waals surface area contributed by atoms with Gasteiger partial charge in [0.15, 0.2) is 0 Å². The van der Waals surface area contributed by atoms with Gasteiger partial charge >= 0.3 is 0 Å². The fourth-order valence-electron chi connectivity index (χ4n) is 0.694. The first-order valence-corrected chi connectivity index (χ1v) is 4.13. The van der Waals surface area contributed by atoms with E-state index in [-0.39, 0.29) is 5.91 Å². The third-order valence-corrected chi connectivity index (χ3v) is 1.36. The molecule has 5 N–H and O–H groups in total. The Hall–Kier alpha value is -0.650. The second-order valence-corrected chi connectivity index (χ2v) is 2.39. The van der Waals surface area contributed by atoms with Crippen molar-refractivity contribution in [2.45, 2.75) is 0 Å². The highest BCUT2D eigenvalue weighted by molar-refractivity contribution is 5.77. The van der Waals surface area contributed by atoms with E-state index in [4.69, 9.17) is 5.73 Å². The van der Waals surface area contributed by atoms with Crippen molar-refractivity contribution in [2.24, 2.45) is 5.73 Å². The lowest BCUT2D eigenvalue weighted by Gasteiger charge is -2.04. The molecule has 0 rings (SSSR count). The minimum Gasteiger partial charge on any atom is -0.358 e. The molecule has 0 spiro atoms. The average Bonchev–Trinajstić information content (AvgIpc) is 2.10. The van der Waals surface area contributed by atoms with Gasteiger partial charge in [-0.2, -0.15) is 0 Å². The molecule has 0 aromatic heterocycles. The average molecular weight is 174 g/mol. The van der Waals surface area contributed by atoms with E-state index in [0.29, 0.717) is 13.1 Å². The Morgan fingerprint density at radius 2 is 1.92 bits per heavy atom. The van der Waals surface area contributed by atoms with Crippen LogP contribution in [0.25, 0.3) is 0 Å². The van der Waals surface area contributed by atoms with Gasteiger partial charge in [-0.15, -0.1) is 0 Å². The number of nitrogens with two attached hydrogens (primary N) is 1. The van der Waals surface area contributed by atoms with Crippen LogP contribution < -0.4 is 21.7 Å². The van der Waals surface area contributed by atoms with Gasteiger partial charge in [-0.05, 0) is 0 Å². The summed E-state index contributed by atoms with van der Waals surface area (Å²) in [5.41, 5.74) is 5.27. The summed E-state index contributed by atoms with van der Waals surface area (Å²) in [5, 5.41) is 8.61. The Labute approximate surface area is 73.1 Å². The van der Waals surface area contributed by atoms with E-state index in [1.165, 1.54) is 0 Å². The Morgan fingerprint density at radius 3 is 2.50 bits per heavy atom. The molecule has 72 valence electrons. The van der Waals surface area contributed by atoms with E-state index in [2.05, 4.69) is 16.0 Å². The predicted molar refractivity (Wildman–Crippen MR) is 48.9 cm³/mol. The minimum atomic E-state index is 0.00817. The lowest BCUT2D eigenvalue weighted by Crippen LogP contribution is -2.36. The van der Waals surface area contributed by atoms with Gasteiger partial charge < -0.3 is 21.7 Å². The molecule has 0 saturated carbocycles. The van der Waals surface area contributed by atoms with Crippen LogP contribution in [-0.4, -0.2) is 45.7 Å². The highest BCUT2D eigenvalue weighted by Gasteiger charge is 1.94. The Morgan fingerprint density at radius 1 is 1.25 bits per heavy atom. The summed E-state index contributed by atoms with van der Waals surface area (Å²) >= 11 is 0. The van der Waals surface area contributed by atoms with Gasteiger partial charge in [0.25, 0.3) is 0 Å². The van der Waals surface area contributed by atoms with Gasteiger partial charge in [0.2, 0.25) is 5.91 Å². The standard InChI is InChI=1S/C7H18N4O/c1-9-7(12)6-11-5-4-10-3-2-8/h10-11H,2-6,8H2,1H3,(H,9,12). The quantitative estimate of drug-likeness (QED) is 0.332. The molecule has 0 aliphatic heterocycles. The summed E-state index contributed by atoms with van der Waals surface area (Å²) < 4.78 is 0. The van der Waals surface area contributed by atoms with Crippen LogP contribution in [0.1, 0.15) is 0 Å². The van der Waals surface area contributed by atoms with Crippen molar-refractivity contribution in [3.8, 4) is 0 Å². The minimum absolute atomic E-state index is 0.00817. The summed E-state index contributed by atoms with van der Waals surface area (Å²) in [7, 11) is 1.62. The zero-order valence-corrected chi connectivity index (χ0v) is 7.52. The second kappa shape index (κ2) is 8.45. The predicted octanol–water partition coefficient (Wildman–Crippen LogP) is -2.13. The summed E-state index contributed by atoms with van der Waals surface area (Å²) in [6.45, 7) is 3.47. The van der Waals surface area contributed by atoms with Crippen LogP contribution in [0.3, 0.4) is 0 Å². The van der Waals surface area contributed by atoms with E-state index in [1.54, 1.807) is 7.05 Å². The van der Waals surface area contributed by atoms with Crippen LogP contribution in [0.15, 0.2) is 0 Å². The fourth-order valence-corrected chi connectivity index (χ4v) is 0.694. The summed E-state index contributed by atoms with van der Waals surface area (Å²) in [4.78, 5) is 10.7. The lowest BCUT2D eigenvalue weighted by molar-refractivity contribution is -0.119. The van der Waals surface area contributed by atoms with Crippen molar-refractivity contribution in [1.29, 1.82) is 0 Å². The zero-order chi connectivity index (χ0) is 9.23. The number of carbonyl (C=O) groups is 1. The molecule has 0 aromatic rings. The van der Waals surface area contributed by atoms with Gasteiger partial charge in [-0.3, -0.25) is 4.79 Å². The van der Waals surface area contributed by atoms with E-state index >= 15 is 0 Å². The summed E-state index contributed by atoms with van der Waals surface area (Å²) in [5.74, 6) is 0.00817. The first-order valence-electron chi connectivity index (χ1n) is 4.13. The molecule has 12 heavy (non-hydrogen) atoms. The molecule has 0 atom stereocenters. The first kappa shape index (κ1) is 11.4. The number of likely N-dealkylation sites (N-methyl/N-ethyl adjacent to an activating group) is 1. The number of nitrogens with one attached hydrogen (secondary N) is 3. The molecule has 0 unspecified atom stereocenters.